The van der Waals surface area contributed by atoms with Crippen molar-refractivity contribution < 1.29 is 24.8 Å². The van der Waals surface area contributed by atoms with Crippen LogP contribution in [-0.2, 0) is 0 Å². The summed E-state index contributed by atoms with van der Waals surface area (Å²) >= 11 is 0. The van der Waals surface area contributed by atoms with Crippen molar-refractivity contribution >= 4 is 0 Å². The van der Waals surface area contributed by atoms with Gasteiger partial charge in [0.05, 0.1) is 0 Å². The third-order valence-electron chi connectivity index (χ3n) is 3.11. The molecule has 0 radical (unpaired) electrons. The fraction of sp³-hybridized carbons (Fsp3) is 0. The van der Waals surface area contributed by atoms with Gasteiger partial charge >= 0.3 is 0 Å². The second-order valence-corrected chi connectivity index (χ2v) is 4.77. The average Bonchev–Trinajstić information content (AvgIpc) is 2.55. The van der Waals surface area contributed by atoms with Crippen molar-refractivity contribution in [2.24, 2.45) is 0 Å². The number of benzene rings is 3. The molecule has 0 bridgehead atoms. The molecule has 0 saturated heterocycles. The lowest BCUT2D eigenvalue weighted by Crippen LogP contribution is -1.88. The number of rotatable bonds is 4. The molecule has 116 valence electrons. The molecule has 0 fully saturated rings. The highest BCUT2D eigenvalue weighted by Gasteiger charge is 2.10. The lowest BCUT2D eigenvalue weighted by Gasteiger charge is -2.12. The molecule has 0 aromatic heterocycles. The minimum Gasteiger partial charge on any atom is -0.504 e. The molecule has 3 aromatic rings. The summed E-state index contributed by atoms with van der Waals surface area (Å²) in [5, 5.41) is 29.4. The molecule has 0 amide bonds. The van der Waals surface area contributed by atoms with E-state index >= 15 is 0 Å². The standard InChI is InChI=1S/C18H14O5/c19-13-5-1-3-7-16(13)22-12-9-10-15(21)18(11-12)23-17-8-4-2-6-14(17)20/h1-11,19-21H. The summed E-state index contributed by atoms with van der Waals surface area (Å²) in [5.41, 5.74) is 0. The van der Waals surface area contributed by atoms with Crippen molar-refractivity contribution in [2.45, 2.75) is 0 Å². The van der Waals surface area contributed by atoms with Crippen LogP contribution in [0.15, 0.2) is 66.7 Å². The molecule has 0 spiro atoms. The number of hydrogen-bond acceptors (Lipinski definition) is 5. The molecule has 0 unspecified atom stereocenters. The van der Waals surface area contributed by atoms with Crippen LogP contribution in [0.1, 0.15) is 0 Å². The van der Waals surface area contributed by atoms with Crippen LogP contribution in [-0.4, -0.2) is 15.3 Å². The maximum Gasteiger partial charge on any atom is 0.172 e. The van der Waals surface area contributed by atoms with Crippen LogP contribution in [0.2, 0.25) is 0 Å². The fourth-order valence-corrected chi connectivity index (χ4v) is 1.97. The van der Waals surface area contributed by atoms with Crippen LogP contribution < -0.4 is 9.47 Å². The molecule has 0 atom stereocenters. The van der Waals surface area contributed by atoms with Gasteiger partial charge in [-0.05, 0) is 36.4 Å². The summed E-state index contributed by atoms with van der Waals surface area (Å²) in [6.45, 7) is 0. The van der Waals surface area contributed by atoms with Crippen LogP contribution >= 0.6 is 0 Å². The quantitative estimate of drug-likeness (QED) is 0.666. The smallest absolute Gasteiger partial charge is 0.172 e. The lowest BCUT2D eigenvalue weighted by atomic mass is 10.2. The average molecular weight is 310 g/mol. The van der Waals surface area contributed by atoms with E-state index in [1.165, 1.54) is 24.3 Å². The SMILES string of the molecule is Oc1ccccc1Oc1ccc(O)c(Oc2ccccc2O)c1. The summed E-state index contributed by atoms with van der Waals surface area (Å²) in [6.07, 6.45) is 0. The van der Waals surface area contributed by atoms with Gasteiger partial charge in [-0.3, -0.25) is 0 Å². The van der Waals surface area contributed by atoms with Gasteiger partial charge in [-0.2, -0.15) is 0 Å². The first-order valence-electron chi connectivity index (χ1n) is 6.88. The molecular weight excluding hydrogens is 296 g/mol. The molecule has 3 N–H and O–H groups in total. The number of hydrogen-bond donors (Lipinski definition) is 3. The van der Waals surface area contributed by atoms with Crippen molar-refractivity contribution in [2.75, 3.05) is 0 Å². The van der Waals surface area contributed by atoms with Crippen LogP contribution in [0, 0.1) is 0 Å². The molecule has 5 nitrogen and oxygen atoms in total. The van der Waals surface area contributed by atoms with Gasteiger partial charge in [0.1, 0.15) is 5.75 Å². The Balaban J connectivity index is 1.88. The fourth-order valence-electron chi connectivity index (χ4n) is 1.97. The zero-order valence-corrected chi connectivity index (χ0v) is 12.0. The first kappa shape index (κ1) is 14.6. The minimum atomic E-state index is -0.0992. The van der Waals surface area contributed by atoms with E-state index < -0.39 is 0 Å². The molecule has 3 aromatic carbocycles. The third kappa shape index (κ3) is 3.29. The number of ether oxygens (including phenoxy) is 2. The Kier molecular flexibility index (Phi) is 3.93. The van der Waals surface area contributed by atoms with Gasteiger partial charge < -0.3 is 24.8 Å². The van der Waals surface area contributed by atoms with Gasteiger partial charge in [0.2, 0.25) is 0 Å². The third-order valence-corrected chi connectivity index (χ3v) is 3.11. The van der Waals surface area contributed by atoms with E-state index in [0.717, 1.165) is 0 Å². The van der Waals surface area contributed by atoms with E-state index in [1.54, 1.807) is 42.5 Å². The maximum atomic E-state index is 9.90. The van der Waals surface area contributed by atoms with Gasteiger partial charge in [0.15, 0.2) is 34.5 Å². The van der Waals surface area contributed by atoms with Crippen molar-refractivity contribution in [3.63, 3.8) is 0 Å². The van der Waals surface area contributed by atoms with Crippen LogP contribution in [0.5, 0.6) is 40.2 Å². The first-order chi connectivity index (χ1) is 11.1. The highest BCUT2D eigenvalue weighted by atomic mass is 16.5. The Morgan fingerprint density at radius 2 is 1.04 bits per heavy atom. The first-order valence-corrected chi connectivity index (χ1v) is 6.88. The van der Waals surface area contributed by atoms with E-state index in [4.69, 9.17) is 9.47 Å². The molecular formula is C18H14O5. The van der Waals surface area contributed by atoms with Gasteiger partial charge in [-0.15, -0.1) is 0 Å². The molecule has 0 aliphatic rings. The Hall–Kier alpha value is -3.34. The predicted octanol–water partition coefficient (Wildman–Crippen LogP) is 4.39. The largest absolute Gasteiger partial charge is 0.504 e. The molecule has 0 aliphatic heterocycles. The molecule has 0 saturated carbocycles. The predicted molar refractivity (Wildman–Crippen MR) is 84.5 cm³/mol. The number of para-hydroxylation sites is 4. The van der Waals surface area contributed by atoms with Crippen molar-refractivity contribution in [1.82, 2.24) is 0 Å². The van der Waals surface area contributed by atoms with E-state index in [9.17, 15) is 15.3 Å². The van der Waals surface area contributed by atoms with E-state index in [1.807, 2.05) is 0 Å². The highest BCUT2D eigenvalue weighted by molar-refractivity contribution is 5.51. The van der Waals surface area contributed by atoms with E-state index in [-0.39, 0.29) is 34.5 Å². The summed E-state index contributed by atoms with van der Waals surface area (Å²) in [4.78, 5) is 0. The summed E-state index contributed by atoms with van der Waals surface area (Å²) in [5.74, 6) is 0.851. The molecule has 5 heteroatoms. The van der Waals surface area contributed by atoms with Crippen molar-refractivity contribution in [3.8, 4) is 40.2 Å². The van der Waals surface area contributed by atoms with E-state index in [0.29, 0.717) is 5.75 Å². The van der Waals surface area contributed by atoms with Gasteiger partial charge in [-0.25, -0.2) is 0 Å². The maximum absolute atomic E-state index is 9.90. The van der Waals surface area contributed by atoms with Crippen LogP contribution in [0.25, 0.3) is 0 Å². The Labute approximate surface area is 132 Å². The monoisotopic (exact) mass is 310 g/mol. The summed E-state index contributed by atoms with van der Waals surface area (Å²) < 4.78 is 11.1. The van der Waals surface area contributed by atoms with Crippen LogP contribution in [0.4, 0.5) is 0 Å². The summed E-state index contributed by atoms with van der Waals surface area (Å²) in [7, 11) is 0. The Bertz CT molecular complexity index is 829. The molecule has 0 aliphatic carbocycles. The van der Waals surface area contributed by atoms with Gasteiger partial charge in [0.25, 0.3) is 0 Å². The zero-order valence-electron chi connectivity index (χ0n) is 12.0. The lowest BCUT2D eigenvalue weighted by molar-refractivity contribution is 0.379. The molecule has 0 heterocycles. The van der Waals surface area contributed by atoms with E-state index in [2.05, 4.69) is 0 Å². The van der Waals surface area contributed by atoms with Crippen molar-refractivity contribution in [1.29, 1.82) is 0 Å². The number of phenols is 3. The molecule has 3 rings (SSSR count). The van der Waals surface area contributed by atoms with Gasteiger partial charge in [-0.1, -0.05) is 24.3 Å². The Morgan fingerprint density at radius 3 is 1.65 bits per heavy atom. The molecule has 23 heavy (non-hydrogen) atoms. The topological polar surface area (TPSA) is 79.2 Å². The second-order valence-electron chi connectivity index (χ2n) is 4.77. The van der Waals surface area contributed by atoms with Crippen LogP contribution in [0.3, 0.4) is 0 Å². The number of aromatic hydroxyl groups is 3. The number of phenolic OH excluding ortho intramolecular Hbond substituents is 3. The minimum absolute atomic E-state index is 0.00347. The zero-order chi connectivity index (χ0) is 16.2. The Morgan fingerprint density at radius 1 is 0.522 bits per heavy atom. The summed E-state index contributed by atoms with van der Waals surface area (Å²) in [6, 6.07) is 17.4. The van der Waals surface area contributed by atoms with Crippen molar-refractivity contribution in [3.05, 3.63) is 66.7 Å². The normalized spacial score (nSPS) is 10.3. The van der Waals surface area contributed by atoms with Gasteiger partial charge in [0, 0.05) is 6.07 Å². The highest BCUT2D eigenvalue weighted by Crippen LogP contribution is 2.39. The second kappa shape index (κ2) is 6.19.